The van der Waals surface area contributed by atoms with Gasteiger partial charge < -0.3 is 4.90 Å². The van der Waals surface area contributed by atoms with E-state index >= 15 is 0 Å². The SMILES string of the molecule is Cc1nonc1CN(C)C(=O)Nc1ncn(C)n1. The van der Waals surface area contributed by atoms with Crippen LogP contribution in [0.1, 0.15) is 11.4 Å². The molecule has 2 heterocycles. The van der Waals surface area contributed by atoms with Crippen molar-refractivity contribution in [2.45, 2.75) is 13.5 Å². The molecule has 9 heteroatoms. The minimum atomic E-state index is -0.330. The highest BCUT2D eigenvalue weighted by Crippen LogP contribution is 2.05. The van der Waals surface area contributed by atoms with Gasteiger partial charge in [0.15, 0.2) is 0 Å². The average molecular weight is 251 g/mol. The molecule has 1 N–H and O–H groups in total. The molecule has 0 unspecified atom stereocenters. The van der Waals surface area contributed by atoms with E-state index in [0.717, 1.165) is 0 Å². The summed E-state index contributed by atoms with van der Waals surface area (Å²) in [5, 5.41) is 13.9. The number of nitrogens with zero attached hydrogens (tertiary/aromatic N) is 6. The number of aromatic nitrogens is 5. The summed E-state index contributed by atoms with van der Waals surface area (Å²) in [6, 6.07) is -0.330. The second-order valence-corrected chi connectivity index (χ2v) is 3.82. The summed E-state index contributed by atoms with van der Waals surface area (Å²) >= 11 is 0. The highest BCUT2D eigenvalue weighted by atomic mass is 16.6. The number of amides is 2. The molecule has 2 rings (SSSR count). The number of carbonyl (C=O) groups is 1. The van der Waals surface area contributed by atoms with E-state index in [-0.39, 0.29) is 12.0 Å². The second kappa shape index (κ2) is 4.82. The molecule has 0 atom stereocenters. The lowest BCUT2D eigenvalue weighted by atomic mass is 10.3. The first-order chi connectivity index (χ1) is 8.56. The van der Waals surface area contributed by atoms with Crippen LogP contribution < -0.4 is 5.32 Å². The van der Waals surface area contributed by atoms with Gasteiger partial charge in [0.05, 0.1) is 6.54 Å². The van der Waals surface area contributed by atoms with Crippen molar-refractivity contribution in [1.82, 2.24) is 30.0 Å². The summed E-state index contributed by atoms with van der Waals surface area (Å²) in [5.74, 6) is 0.254. The van der Waals surface area contributed by atoms with E-state index in [1.807, 2.05) is 0 Å². The van der Waals surface area contributed by atoms with Crippen molar-refractivity contribution < 1.29 is 9.42 Å². The van der Waals surface area contributed by atoms with Crippen LogP contribution in [-0.4, -0.2) is 43.1 Å². The molecular formula is C9H13N7O2. The van der Waals surface area contributed by atoms with E-state index in [9.17, 15) is 4.79 Å². The molecule has 0 saturated carbocycles. The quantitative estimate of drug-likeness (QED) is 0.834. The van der Waals surface area contributed by atoms with Crippen molar-refractivity contribution in [1.29, 1.82) is 0 Å². The Hall–Kier alpha value is -2.45. The maximum absolute atomic E-state index is 11.8. The number of hydrogen-bond acceptors (Lipinski definition) is 6. The number of nitrogens with one attached hydrogen (secondary N) is 1. The Morgan fingerprint density at radius 1 is 1.56 bits per heavy atom. The lowest BCUT2D eigenvalue weighted by Gasteiger charge is -2.14. The van der Waals surface area contributed by atoms with E-state index in [0.29, 0.717) is 17.9 Å². The Kier molecular flexibility index (Phi) is 3.22. The topological polar surface area (TPSA) is 102 Å². The van der Waals surface area contributed by atoms with Crippen LogP contribution in [0.5, 0.6) is 0 Å². The first-order valence-electron chi connectivity index (χ1n) is 5.22. The van der Waals surface area contributed by atoms with Crippen LogP contribution in [0.3, 0.4) is 0 Å². The number of urea groups is 1. The minimum absolute atomic E-state index is 0.254. The molecule has 0 aliphatic rings. The van der Waals surface area contributed by atoms with Crippen LogP contribution in [0.15, 0.2) is 11.0 Å². The first-order valence-corrected chi connectivity index (χ1v) is 5.22. The largest absolute Gasteiger partial charge is 0.324 e. The molecule has 2 aromatic heterocycles. The number of hydrogen-bond donors (Lipinski definition) is 1. The molecule has 0 aliphatic carbocycles. The number of carbonyl (C=O) groups excluding carboxylic acids is 1. The standard InChI is InChI=1S/C9H13N7O2/c1-6-7(14-18-13-6)4-15(2)9(17)11-8-10-5-16(3)12-8/h5H,4H2,1-3H3,(H,11,12,17). The van der Waals surface area contributed by atoms with Crippen molar-refractivity contribution in [3.8, 4) is 0 Å². The Bertz CT molecular complexity index is 547. The third kappa shape index (κ3) is 2.62. The van der Waals surface area contributed by atoms with Crippen molar-refractivity contribution in [3.63, 3.8) is 0 Å². The summed E-state index contributed by atoms with van der Waals surface area (Å²) in [5.41, 5.74) is 1.27. The molecular weight excluding hydrogens is 238 g/mol. The van der Waals surface area contributed by atoms with Crippen molar-refractivity contribution >= 4 is 12.0 Å². The monoisotopic (exact) mass is 251 g/mol. The third-order valence-electron chi connectivity index (χ3n) is 2.30. The highest BCUT2D eigenvalue weighted by molar-refractivity contribution is 5.87. The first kappa shape index (κ1) is 12.0. The molecule has 0 aliphatic heterocycles. The lowest BCUT2D eigenvalue weighted by molar-refractivity contribution is 0.218. The predicted molar refractivity (Wildman–Crippen MR) is 60.5 cm³/mol. The van der Waals surface area contributed by atoms with E-state index in [2.05, 4.69) is 30.3 Å². The Morgan fingerprint density at radius 3 is 2.89 bits per heavy atom. The van der Waals surface area contributed by atoms with Gasteiger partial charge in [0.25, 0.3) is 0 Å². The van der Waals surface area contributed by atoms with Gasteiger partial charge in [-0.3, -0.25) is 10.00 Å². The van der Waals surface area contributed by atoms with Gasteiger partial charge in [-0.15, -0.1) is 5.10 Å². The fraction of sp³-hybridized carbons (Fsp3) is 0.444. The molecule has 0 radical (unpaired) electrons. The van der Waals surface area contributed by atoms with Gasteiger partial charge in [0.2, 0.25) is 5.95 Å². The number of anilines is 1. The zero-order valence-electron chi connectivity index (χ0n) is 10.3. The summed E-state index contributed by atoms with van der Waals surface area (Å²) in [6.07, 6.45) is 1.50. The fourth-order valence-electron chi connectivity index (χ4n) is 1.28. The van der Waals surface area contributed by atoms with E-state index in [4.69, 9.17) is 0 Å². The normalized spacial score (nSPS) is 10.4. The van der Waals surface area contributed by atoms with E-state index in [1.165, 1.54) is 15.9 Å². The summed E-state index contributed by atoms with van der Waals surface area (Å²) in [4.78, 5) is 17.1. The van der Waals surface area contributed by atoms with Gasteiger partial charge in [-0.2, -0.15) is 0 Å². The molecule has 0 saturated heterocycles. The Morgan fingerprint density at radius 2 is 2.33 bits per heavy atom. The average Bonchev–Trinajstić information content (AvgIpc) is 2.89. The van der Waals surface area contributed by atoms with Crippen molar-refractivity contribution in [2.24, 2.45) is 7.05 Å². The number of rotatable bonds is 3. The molecule has 0 aromatic carbocycles. The summed E-state index contributed by atoms with van der Waals surface area (Å²) < 4.78 is 6.06. The smallest absolute Gasteiger partial charge is 0.321 e. The van der Waals surface area contributed by atoms with Crippen LogP contribution in [-0.2, 0) is 13.6 Å². The van der Waals surface area contributed by atoms with Crippen LogP contribution in [0.2, 0.25) is 0 Å². The third-order valence-corrected chi connectivity index (χ3v) is 2.30. The predicted octanol–water partition coefficient (Wildman–Crippen LogP) is 0.170. The highest BCUT2D eigenvalue weighted by Gasteiger charge is 2.14. The minimum Gasteiger partial charge on any atom is -0.321 e. The van der Waals surface area contributed by atoms with Gasteiger partial charge in [0.1, 0.15) is 17.7 Å². The molecule has 96 valence electrons. The summed E-state index contributed by atoms with van der Waals surface area (Å²) in [7, 11) is 3.35. The van der Waals surface area contributed by atoms with Gasteiger partial charge in [-0.25, -0.2) is 14.4 Å². The number of aryl methyl sites for hydroxylation is 2. The van der Waals surface area contributed by atoms with Crippen molar-refractivity contribution in [2.75, 3.05) is 12.4 Å². The zero-order valence-corrected chi connectivity index (χ0v) is 10.3. The van der Waals surface area contributed by atoms with Crippen LogP contribution in [0, 0.1) is 6.92 Å². The molecule has 0 bridgehead atoms. The van der Waals surface area contributed by atoms with Crippen LogP contribution >= 0.6 is 0 Å². The molecule has 2 amide bonds. The zero-order chi connectivity index (χ0) is 13.1. The van der Waals surface area contributed by atoms with Gasteiger partial charge in [0, 0.05) is 14.1 Å². The van der Waals surface area contributed by atoms with Crippen molar-refractivity contribution in [3.05, 3.63) is 17.7 Å². The lowest BCUT2D eigenvalue weighted by Crippen LogP contribution is -2.31. The Labute approximate surface area is 103 Å². The van der Waals surface area contributed by atoms with Gasteiger partial charge in [-0.05, 0) is 6.92 Å². The molecule has 0 spiro atoms. The van der Waals surface area contributed by atoms with Crippen LogP contribution in [0.4, 0.5) is 10.7 Å². The van der Waals surface area contributed by atoms with E-state index in [1.54, 1.807) is 21.0 Å². The fourth-order valence-corrected chi connectivity index (χ4v) is 1.28. The maximum Gasteiger partial charge on any atom is 0.324 e. The Balaban J connectivity index is 1.95. The molecule has 18 heavy (non-hydrogen) atoms. The molecule has 2 aromatic rings. The van der Waals surface area contributed by atoms with Crippen LogP contribution in [0.25, 0.3) is 0 Å². The van der Waals surface area contributed by atoms with Gasteiger partial charge in [-0.1, -0.05) is 10.3 Å². The maximum atomic E-state index is 11.8. The van der Waals surface area contributed by atoms with Gasteiger partial charge >= 0.3 is 6.03 Å². The molecule has 9 nitrogen and oxygen atoms in total. The second-order valence-electron chi connectivity index (χ2n) is 3.82. The summed E-state index contributed by atoms with van der Waals surface area (Å²) in [6.45, 7) is 2.06. The molecule has 0 fully saturated rings. The van der Waals surface area contributed by atoms with E-state index < -0.39 is 0 Å².